The van der Waals surface area contributed by atoms with E-state index in [4.69, 9.17) is 13.9 Å². The minimum Gasteiger partial charge on any atom is -0.483 e. The number of hydrogen-bond acceptors (Lipinski definition) is 7. The summed E-state index contributed by atoms with van der Waals surface area (Å²) in [6, 6.07) is 6.98. The molecule has 0 saturated carbocycles. The maximum atomic E-state index is 12.8. The number of rotatable bonds is 7. The summed E-state index contributed by atoms with van der Waals surface area (Å²) in [7, 11) is 0. The molecule has 0 aliphatic rings. The van der Waals surface area contributed by atoms with E-state index in [-0.39, 0.29) is 12.4 Å². The van der Waals surface area contributed by atoms with Gasteiger partial charge < -0.3 is 18.9 Å². The van der Waals surface area contributed by atoms with Gasteiger partial charge in [0.2, 0.25) is 18.1 Å². The van der Waals surface area contributed by atoms with Gasteiger partial charge in [-0.25, -0.2) is 4.79 Å². The zero-order valence-corrected chi connectivity index (χ0v) is 16.1. The molecule has 2 aromatic heterocycles. The van der Waals surface area contributed by atoms with Crippen molar-refractivity contribution < 1.29 is 23.5 Å². The molecule has 0 fully saturated rings. The SMILES string of the molecule is CCOC(=O)c1c(C)[nH]c(C(=O)[C@@H](C)Oc2ccc(-c3nnco3)cc2)c1C. The van der Waals surface area contributed by atoms with Crippen molar-refractivity contribution in [3.05, 3.63) is 53.2 Å². The van der Waals surface area contributed by atoms with Crippen LogP contribution in [-0.2, 0) is 4.74 Å². The molecule has 0 unspecified atom stereocenters. The molecular formula is C20H21N3O5. The van der Waals surface area contributed by atoms with Gasteiger partial charge in [-0.3, -0.25) is 4.79 Å². The van der Waals surface area contributed by atoms with E-state index in [0.717, 1.165) is 5.56 Å². The molecule has 0 bridgehead atoms. The summed E-state index contributed by atoms with van der Waals surface area (Å²) in [5.41, 5.74) is 2.63. The Bertz CT molecular complexity index is 974. The van der Waals surface area contributed by atoms with E-state index in [2.05, 4.69) is 15.2 Å². The molecule has 2 heterocycles. The fourth-order valence-corrected chi connectivity index (χ4v) is 2.94. The number of ketones is 1. The molecule has 1 atom stereocenters. The van der Waals surface area contributed by atoms with Gasteiger partial charge in [0, 0.05) is 11.3 Å². The van der Waals surface area contributed by atoms with Gasteiger partial charge in [-0.05, 0) is 57.5 Å². The number of aromatic nitrogens is 3. The molecule has 1 aromatic carbocycles. The zero-order chi connectivity index (χ0) is 20.3. The summed E-state index contributed by atoms with van der Waals surface area (Å²) in [6.45, 7) is 7.12. The van der Waals surface area contributed by atoms with Gasteiger partial charge in [-0.2, -0.15) is 0 Å². The molecule has 3 rings (SSSR count). The van der Waals surface area contributed by atoms with Crippen molar-refractivity contribution in [3.63, 3.8) is 0 Å². The van der Waals surface area contributed by atoms with Gasteiger partial charge in [0.05, 0.1) is 17.9 Å². The van der Waals surface area contributed by atoms with E-state index in [0.29, 0.717) is 34.2 Å². The van der Waals surface area contributed by atoms with E-state index in [9.17, 15) is 9.59 Å². The largest absolute Gasteiger partial charge is 0.483 e. The van der Waals surface area contributed by atoms with Crippen molar-refractivity contribution in [1.82, 2.24) is 15.2 Å². The molecule has 0 saturated heterocycles. The Morgan fingerprint density at radius 1 is 1.21 bits per heavy atom. The summed E-state index contributed by atoms with van der Waals surface area (Å²) in [5.74, 6) is 0.227. The molecule has 3 aromatic rings. The van der Waals surface area contributed by atoms with Crippen molar-refractivity contribution in [2.45, 2.75) is 33.8 Å². The highest BCUT2D eigenvalue weighted by atomic mass is 16.5. The molecule has 146 valence electrons. The average Bonchev–Trinajstić information content (AvgIpc) is 3.30. The molecular weight excluding hydrogens is 362 g/mol. The third-order valence-electron chi connectivity index (χ3n) is 4.31. The number of Topliss-reactive ketones (excluding diaryl/α,β-unsaturated/α-hetero) is 1. The molecule has 0 radical (unpaired) electrons. The van der Waals surface area contributed by atoms with Crippen LogP contribution in [0, 0.1) is 13.8 Å². The van der Waals surface area contributed by atoms with Crippen molar-refractivity contribution >= 4 is 11.8 Å². The first kappa shape index (κ1) is 19.3. The molecule has 8 heteroatoms. The molecule has 0 amide bonds. The van der Waals surface area contributed by atoms with Crippen LogP contribution in [0.15, 0.2) is 35.1 Å². The number of carbonyl (C=O) groups is 2. The highest BCUT2D eigenvalue weighted by Crippen LogP contribution is 2.24. The molecule has 0 aliphatic carbocycles. The predicted molar refractivity (Wildman–Crippen MR) is 100 cm³/mol. The number of ether oxygens (including phenoxy) is 2. The number of nitrogens with zero attached hydrogens (tertiary/aromatic N) is 2. The third-order valence-corrected chi connectivity index (χ3v) is 4.31. The van der Waals surface area contributed by atoms with Crippen LogP contribution < -0.4 is 4.74 Å². The predicted octanol–water partition coefficient (Wildman–Crippen LogP) is 3.51. The molecule has 0 aliphatic heterocycles. The lowest BCUT2D eigenvalue weighted by Crippen LogP contribution is -2.25. The Kier molecular flexibility index (Phi) is 5.58. The van der Waals surface area contributed by atoms with Crippen molar-refractivity contribution in [2.24, 2.45) is 0 Å². The first-order valence-corrected chi connectivity index (χ1v) is 8.86. The fraction of sp³-hybridized carbons (Fsp3) is 0.300. The molecule has 28 heavy (non-hydrogen) atoms. The van der Waals surface area contributed by atoms with E-state index in [1.165, 1.54) is 6.39 Å². The van der Waals surface area contributed by atoms with Gasteiger partial charge >= 0.3 is 5.97 Å². The number of hydrogen-bond donors (Lipinski definition) is 1. The lowest BCUT2D eigenvalue weighted by Gasteiger charge is -2.14. The summed E-state index contributed by atoms with van der Waals surface area (Å²) in [4.78, 5) is 27.9. The van der Waals surface area contributed by atoms with Crippen LogP contribution in [0.1, 0.15) is 46.0 Å². The third kappa shape index (κ3) is 3.80. The molecule has 0 spiro atoms. The maximum absolute atomic E-state index is 12.8. The average molecular weight is 383 g/mol. The van der Waals surface area contributed by atoms with Gasteiger partial charge in [-0.15, -0.1) is 10.2 Å². The van der Waals surface area contributed by atoms with Crippen molar-refractivity contribution in [3.8, 4) is 17.2 Å². The quantitative estimate of drug-likeness (QED) is 0.491. The minimum absolute atomic E-state index is 0.253. The highest BCUT2D eigenvalue weighted by molar-refractivity contribution is 6.03. The monoisotopic (exact) mass is 383 g/mol. The Morgan fingerprint density at radius 2 is 1.93 bits per heavy atom. The number of aromatic amines is 1. The number of H-pyrrole nitrogens is 1. The van der Waals surface area contributed by atoms with Crippen LogP contribution in [0.5, 0.6) is 5.75 Å². The van der Waals surface area contributed by atoms with Crippen LogP contribution >= 0.6 is 0 Å². The second-order valence-electron chi connectivity index (χ2n) is 6.24. The van der Waals surface area contributed by atoms with E-state index in [1.54, 1.807) is 52.0 Å². The summed E-state index contributed by atoms with van der Waals surface area (Å²) in [5, 5.41) is 7.48. The first-order chi connectivity index (χ1) is 13.4. The second kappa shape index (κ2) is 8.08. The standard InChI is InChI=1S/C20H21N3O5/c1-5-26-20(25)16-11(2)17(22-12(16)3)18(24)13(4)28-15-8-6-14(7-9-15)19-23-21-10-27-19/h6-10,13,22H,5H2,1-4H3/t13-/m1/s1. The summed E-state index contributed by atoms with van der Waals surface area (Å²) >= 11 is 0. The molecule has 1 N–H and O–H groups in total. The van der Waals surface area contributed by atoms with Crippen LogP contribution in [0.2, 0.25) is 0 Å². The Labute approximate surface area is 161 Å². The highest BCUT2D eigenvalue weighted by Gasteiger charge is 2.26. The Morgan fingerprint density at radius 3 is 2.54 bits per heavy atom. The van der Waals surface area contributed by atoms with Crippen LogP contribution in [0.4, 0.5) is 0 Å². The fourth-order valence-electron chi connectivity index (χ4n) is 2.94. The van der Waals surface area contributed by atoms with E-state index >= 15 is 0 Å². The Balaban J connectivity index is 1.74. The number of carbonyl (C=O) groups excluding carboxylic acids is 2. The number of nitrogens with one attached hydrogen (secondary N) is 1. The van der Waals surface area contributed by atoms with E-state index < -0.39 is 12.1 Å². The van der Waals surface area contributed by atoms with E-state index in [1.807, 2.05) is 0 Å². The zero-order valence-electron chi connectivity index (χ0n) is 16.1. The minimum atomic E-state index is -0.749. The van der Waals surface area contributed by atoms with Crippen molar-refractivity contribution in [1.29, 1.82) is 0 Å². The molecule has 8 nitrogen and oxygen atoms in total. The van der Waals surface area contributed by atoms with Gasteiger partial charge in [0.15, 0.2) is 6.10 Å². The number of esters is 1. The van der Waals surface area contributed by atoms with Gasteiger partial charge in [0.1, 0.15) is 5.75 Å². The lowest BCUT2D eigenvalue weighted by atomic mass is 10.1. The summed E-state index contributed by atoms with van der Waals surface area (Å²) in [6.07, 6.45) is 0.507. The second-order valence-corrected chi connectivity index (χ2v) is 6.24. The topological polar surface area (TPSA) is 107 Å². The maximum Gasteiger partial charge on any atom is 0.340 e. The van der Waals surface area contributed by atoms with Crippen LogP contribution in [-0.4, -0.2) is 39.6 Å². The van der Waals surface area contributed by atoms with Crippen molar-refractivity contribution in [2.75, 3.05) is 6.61 Å². The smallest absolute Gasteiger partial charge is 0.340 e. The Hall–Kier alpha value is -3.42. The van der Waals surface area contributed by atoms with Gasteiger partial charge in [-0.1, -0.05) is 0 Å². The van der Waals surface area contributed by atoms with Gasteiger partial charge in [0.25, 0.3) is 0 Å². The van der Waals surface area contributed by atoms with Crippen LogP contribution in [0.25, 0.3) is 11.5 Å². The lowest BCUT2D eigenvalue weighted by molar-refractivity contribution is 0.0525. The number of benzene rings is 1. The first-order valence-electron chi connectivity index (χ1n) is 8.86. The normalized spacial score (nSPS) is 11.9. The summed E-state index contributed by atoms with van der Waals surface area (Å²) < 4.78 is 16.0. The number of aryl methyl sites for hydroxylation is 1. The van der Waals surface area contributed by atoms with Crippen LogP contribution in [0.3, 0.4) is 0 Å².